The van der Waals surface area contributed by atoms with Crippen LogP contribution in [-0.4, -0.2) is 5.91 Å². The minimum atomic E-state index is 0.0937. The van der Waals surface area contributed by atoms with E-state index in [1.807, 2.05) is 60.7 Å². The number of benzene rings is 2. The average molecular weight is 270 g/mol. The Balaban J connectivity index is 2.01. The normalized spacial score (nSPS) is 14.7. The molecule has 2 aromatic carbocycles. The van der Waals surface area contributed by atoms with Crippen LogP contribution in [0.15, 0.2) is 60.7 Å². The quantitative estimate of drug-likeness (QED) is 0.803. The molecular weight excluding hydrogens is 258 g/mol. The molecule has 1 amide bonds. The molecule has 0 spiro atoms. The first-order chi connectivity index (χ1) is 9.25. The number of carbonyl (C=O) groups excluding carboxylic acids is 1. The van der Waals surface area contributed by atoms with Gasteiger partial charge in [0.15, 0.2) is 0 Å². The molecule has 0 radical (unpaired) electrons. The number of hydrogen-bond donors (Lipinski definition) is 0. The van der Waals surface area contributed by atoms with Gasteiger partial charge in [-0.2, -0.15) is 0 Å². The molecule has 94 valence electrons. The molecule has 3 rings (SSSR count). The third-order valence-electron chi connectivity index (χ3n) is 3.11. The fraction of sp³-hybridized carbons (Fsp3) is 0.0625. The van der Waals surface area contributed by atoms with E-state index in [1.165, 1.54) is 0 Å². The molecule has 0 aromatic heterocycles. The predicted octanol–water partition coefficient (Wildman–Crippen LogP) is 4.12. The molecule has 0 bridgehead atoms. The van der Waals surface area contributed by atoms with Crippen LogP contribution in [-0.2, 0) is 4.79 Å². The Bertz CT molecular complexity index is 632. The smallest absolute Gasteiger partial charge is 0.235 e. The van der Waals surface area contributed by atoms with Gasteiger partial charge < -0.3 is 0 Å². The lowest BCUT2D eigenvalue weighted by molar-refractivity contribution is -0.116. The highest BCUT2D eigenvalue weighted by Crippen LogP contribution is 2.32. The summed E-state index contributed by atoms with van der Waals surface area (Å²) in [6, 6.07) is 17.2. The zero-order chi connectivity index (χ0) is 13.2. The van der Waals surface area contributed by atoms with E-state index in [4.69, 9.17) is 11.6 Å². The van der Waals surface area contributed by atoms with Crippen molar-refractivity contribution >= 4 is 28.9 Å². The Morgan fingerprint density at radius 2 is 1.63 bits per heavy atom. The molecule has 0 N–H and O–H groups in total. The van der Waals surface area contributed by atoms with Crippen molar-refractivity contribution < 1.29 is 4.79 Å². The molecule has 3 heteroatoms. The highest BCUT2D eigenvalue weighted by atomic mass is 35.5. The summed E-state index contributed by atoms with van der Waals surface area (Å²) in [7, 11) is 0. The van der Waals surface area contributed by atoms with Crippen molar-refractivity contribution in [3.05, 3.63) is 71.3 Å². The molecule has 0 aliphatic carbocycles. The lowest BCUT2D eigenvalue weighted by Gasteiger charge is -2.20. The van der Waals surface area contributed by atoms with Gasteiger partial charge in [0.25, 0.3) is 0 Å². The van der Waals surface area contributed by atoms with E-state index >= 15 is 0 Å². The summed E-state index contributed by atoms with van der Waals surface area (Å²) in [6.07, 6.45) is 2.39. The van der Waals surface area contributed by atoms with Crippen LogP contribution in [0.3, 0.4) is 0 Å². The molecule has 0 saturated carbocycles. The fourth-order valence-electron chi connectivity index (χ4n) is 2.23. The third-order valence-corrected chi connectivity index (χ3v) is 3.37. The second kappa shape index (κ2) is 4.90. The second-order valence-corrected chi connectivity index (χ2v) is 4.80. The van der Waals surface area contributed by atoms with Crippen molar-refractivity contribution in [1.82, 2.24) is 0 Å². The van der Waals surface area contributed by atoms with Crippen LogP contribution in [0, 0.1) is 0 Å². The maximum absolute atomic E-state index is 12.1. The minimum Gasteiger partial charge on any atom is -0.281 e. The van der Waals surface area contributed by atoms with Crippen LogP contribution in [0.25, 0.3) is 5.70 Å². The molecule has 1 aliphatic heterocycles. The van der Waals surface area contributed by atoms with Crippen LogP contribution in [0.4, 0.5) is 5.69 Å². The van der Waals surface area contributed by atoms with Crippen molar-refractivity contribution in [3.63, 3.8) is 0 Å². The van der Waals surface area contributed by atoms with Crippen LogP contribution in [0.1, 0.15) is 12.0 Å². The van der Waals surface area contributed by atoms with Crippen LogP contribution in [0.5, 0.6) is 0 Å². The first kappa shape index (κ1) is 12.0. The topological polar surface area (TPSA) is 20.3 Å². The third kappa shape index (κ3) is 2.27. The van der Waals surface area contributed by atoms with E-state index in [-0.39, 0.29) is 5.91 Å². The monoisotopic (exact) mass is 269 g/mol. The maximum atomic E-state index is 12.1. The first-order valence-corrected chi connectivity index (χ1v) is 6.47. The number of halogens is 1. The van der Waals surface area contributed by atoms with Gasteiger partial charge in [-0.15, -0.1) is 0 Å². The number of carbonyl (C=O) groups is 1. The SMILES string of the molecule is O=C1CC=C(c2ccc(Cl)cc2)N1c1ccccc1. The highest BCUT2D eigenvalue weighted by Gasteiger charge is 2.25. The number of nitrogens with zero attached hydrogens (tertiary/aromatic N) is 1. The number of anilines is 1. The minimum absolute atomic E-state index is 0.0937. The Kier molecular flexibility index (Phi) is 3.10. The number of amides is 1. The van der Waals surface area contributed by atoms with Gasteiger partial charge in [-0.1, -0.05) is 48.0 Å². The van der Waals surface area contributed by atoms with Gasteiger partial charge in [0.2, 0.25) is 5.91 Å². The van der Waals surface area contributed by atoms with E-state index < -0.39 is 0 Å². The number of rotatable bonds is 2. The standard InChI is InChI=1S/C16H12ClNO/c17-13-8-6-12(7-9-13)15-10-11-16(19)18(15)14-4-2-1-3-5-14/h1-10H,11H2. The van der Waals surface area contributed by atoms with E-state index in [2.05, 4.69) is 0 Å². The molecular formula is C16H12ClNO. The van der Waals surface area contributed by atoms with Gasteiger partial charge in [-0.3, -0.25) is 9.69 Å². The number of para-hydroxylation sites is 1. The molecule has 2 aromatic rings. The molecule has 0 fully saturated rings. The fourth-order valence-corrected chi connectivity index (χ4v) is 2.35. The van der Waals surface area contributed by atoms with E-state index in [9.17, 15) is 4.79 Å². The lowest BCUT2D eigenvalue weighted by Crippen LogP contribution is -2.23. The van der Waals surface area contributed by atoms with Crippen molar-refractivity contribution in [1.29, 1.82) is 0 Å². The molecule has 1 aliphatic rings. The van der Waals surface area contributed by atoms with Gasteiger partial charge in [0, 0.05) is 17.1 Å². The summed E-state index contributed by atoms with van der Waals surface area (Å²) in [5, 5.41) is 0.694. The van der Waals surface area contributed by atoms with Crippen LogP contribution < -0.4 is 4.90 Å². The van der Waals surface area contributed by atoms with Gasteiger partial charge in [-0.05, 0) is 29.8 Å². The summed E-state index contributed by atoms with van der Waals surface area (Å²) in [5.74, 6) is 0.0937. The maximum Gasteiger partial charge on any atom is 0.235 e. The molecule has 0 saturated heterocycles. The summed E-state index contributed by atoms with van der Waals surface area (Å²) in [4.78, 5) is 13.8. The molecule has 0 unspecified atom stereocenters. The first-order valence-electron chi connectivity index (χ1n) is 6.10. The Morgan fingerprint density at radius 3 is 2.32 bits per heavy atom. The van der Waals surface area contributed by atoms with Crippen molar-refractivity contribution in [3.8, 4) is 0 Å². The zero-order valence-corrected chi connectivity index (χ0v) is 11.0. The van der Waals surface area contributed by atoms with Gasteiger partial charge in [0.05, 0.1) is 5.70 Å². The predicted molar refractivity (Wildman–Crippen MR) is 78.0 cm³/mol. The zero-order valence-electron chi connectivity index (χ0n) is 10.2. The molecule has 1 heterocycles. The van der Waals surface area contributed by atoms with Crippen molar-refractivity contribution in [2.45, 2.75) is 6.42 Å². The molecule has 19 heavy (non-hydrogen) atoms. The van der Waals surface area contributed by atoms with E-state index in [1.54, 1.807) is 4.90 Å². The van der Waals surface area contributed by atoms with E-state index in [0.29, 0.717) is 11.4 Å². The van der Waals surface area contributed by atoms with Crippen molar-refractivity contribution in [2.75, 3.05) is 4.90 Å². The Hall–Kier alpha value is -2.06. The van der Waals surface area contributed by atoms with E-state index in [0.717, 1.165) is 16.9 Å². The highest BCUT2D eigenvalue weighted by molar-refractivity contribution is 6.30. The molecule has 0 atom stereocenters. The Labute approximate surface area is 116 Å². The summed E-state index contributed by atoms with van der Waals surface area (Å²) in [5.41, 5.74) is 2.82. The van der Waals surface area contributed by atoms with Gasteiger partial charge in [-0.25, -0.2) is 0 Å². The largest absolute Gasteiger partial charge is 0.281 e. The van der Waals surface area contributed by atoms with Gasteiger partial charge in [0.1, 0.15) is 0 Å². The second-order valence-electron chi connectivity index (χ2n) is 4.37. The van der Waals surface area contributed by atoms with Crippen LogP contribution >= 0.6 is 11.6 Å². The summed E-state index contributed by atoms with van der Waals surface area (Å²) < 4.78 is 0. The summed E-state index contributed by atoms with van der Waals surface area (Å²) >= 11 is 5.90. The lowest BCUT2D eigenvalue weighted by atomic mass is 10.1. The Morgan fingerprint density at radius 1 is 0.947 bits per heavy atom. The van der Waals surface area contributed by atoms with Gasteiger partial charge >= 0.3 is 0 Å². The number of hydrogen-bond acceptors (Lipinski definition) is 1. The van der Waals surface area contributed by atoms with Crippen LogP contribution in [0.2, 0.25) is 5.02 Å². The van der Waals surface area contributed by atoms with Crippen molar-refractivity contribution in [2.24, 2.45) is 0 Å². The summed E-state index contributed by atoms with van der Waals surface area (Å²) in [6.45, 7) is 0. The molecule has 2 nitrogen and oxygen atoms in total. The average Bonchev–Trinajstić information content (AvgIpc) is 2.82.